The van der Waals surface area contributed by atoms with E-state index in [4.69, 9.17) is 9.90 Å². The van der Waals surface area contributed by atoms with Gasteiger partial charge in [-0.3, -0.25) is 0 Å². The van der Waals surface area contributed by atoms with Crippen molar-refractivity contribution in [1.29, 1.82) is 0 Å². The van der Waals surface area contributed by atoms with E-state index >= 15 is 0 Å². The van der Waals surface area contributed by atoms with Crippen LogP contribution in [0.3, 0.4) is 0 Å². The molecule has 0 atom stereocenters. The first-order chi connectivity index (χ1) is 29.0. The third-order valence-electron chi connectivity index (χ3n) is 10.2. The number of aliphatic carboxylic acids is 1. The second kappa shape index (κ2) is 26.4. The van der Waals surface area contributed by atoms with Crippen molar-refractivity contribution in [2.24, 2.45) is 0 Å². The van der Waals surface area contributed by atoms with Gasteiger partial charge < -0.3 is 16.1 Å². The maximum atomic E-state index is 8.89. The molecule has 0 spiro atoms. The summed E-state index contributed by atoms with van der Waals surface area (Å²) in [6, 6.07) is 95.2. The van der Waals surface area contributed by atoms with Crippen molar-refractivity contribution in [2.45, 2.75) is 6.92 Å². The van der Waals surface area contributed by atoms with Crippen molar-refractivity contribution in [1.82, 2.24) is 6.15 Å². The van der Waals surface area contributed by atoms with Gasteiger partial charge in [-0.2, -0.15) is 0 Å². The number of benzene rings is 8. The molecule has 3 nitrogen and oxygen atoms in total. The Labute approximate surface area is 378 Å². The Balaban J connectivity index is 0.000000607. The quantitative estimate of drug-likeness (QED) is 0.0929. The van der Waals surface area contributed by atoms with E-state index in [1.807, 2.05) is 36.4 Å². The van der Waals surface area contributed by atoms with Crippen molar-refractivity contribution < 1.29 is 27.0 Å². The molecule has 308 valence electrons. The van der Waals surface area contributed by atoms with E-state index in [0.717, 1.165) is 25.1 Å². The average molecular weight is 896 g/mol. The van der Waals surface area contributed by atoms with E-state index in [-0.39, 0.29) is 23.2 Å². The SMILES string of the molecule is CC(=O)[O-].N.[Fe+2].c1ccc(P(C[B-](CP(c2ccccc2)c2ccccc2)(CP(c2ccccc2)c2ccccc2)c2ccccc2)c2ccccc2)cc1.c1ccccc1. The van der Waals surface area contributed by atoms with Crippen molar-refractivity contribution in [3.05, 3.63) is 249 Å². The second-order valence-electron chi connectivity index (χ2n) is 14.4. The van der Waals surface area contributed by atoms with E-state index in [1.54, 1.807) is 0 Å². The largest absolute Gasteiger partial charge is 2.00 e. The summed E-state index contributed by atoms with van der Waals surface area (Å²) in [6.45, 7) is 0.972. The maximum Gasteiger partial charge on any atom is 2.00 e. The summed E-state index contributed by atoms with van der Waals surface area (Å²) >= 11 is 0. The Morgan fingerprint density at radius 3 is 0.689 bits per heavy atom. The molecule has 0 amide bonds. The van der Waals surface area contributed by atoms with Gasteiger partial charge >= 0.3 is 17.1 Å². The fraction of sp³-hybridized carbons (Fsp3) is 0.0755. The summed E-state index contributed by atoms with van der Waals surface area (Å²) in [7, 11) is -1.95. The maximum absolute atomic E-state index is 8.89. The molecule has 0 aromatic heterocycles. The Bertz CT molecular complexity index is 2000. The normalized spacial score (nSPS) is 10.6. The number of carboxylic acids is 1. The molecular weight excluding hydrogens is 842 g/mol. The van der Waals surface area contributed by atoms with Gasteiger partial charge in [0.25, 0.3) is 0 Å². The van der Waals surface area contributed by atoms with Gasteiger partial charge in [-0.25, -0.2) is 5.46 Å². The van der Waals surface area contributed by atoms with Crippen LogP contribution in [0.2, 0.25) is 0 Å². The molecule has 0 heterocycles. The van der Waals surface area contributed by atoms with E-state index in [9.17, 15) is 0 Å². The van der Waals surface area contributed by atoms with Crippen LogP contribution in [-0.4, -0.2) is 30.3 Å². The Hall–Kier alpha value is -4.94. The molecule has 0 saturated carbocycles. The van der Waals surface area contributed by atoms with Crippen LogP contribution in [0, 0.1) is 0 Å². The fourth-order valence-corrected chi connectivity index (χ4v) is 17.0. The smallest absolute Gasteiger partial charge is 0.550 e. The molecule has 0 aliphatic rings. The van der Waals surface area contributed by atoms with Gasteiger partial charge in [-0.15, -0.1) is 18.2 Å². The van der Waals surface area contributed by atoms with Crippen molar-refractivity contribution in [3.63, 3.8) is 0 Å². The zero-order valence-electron chi connectivity index (χ0n) is 34.6. The first kappa shape index (κ1) is 48.7. The van der Waals surface area contributed by atoms with Crippen LogP contribution in [0.1, 0.15) is 6.92 Å². The minimum Gasteiger partial charge on any atom is -0.550 e. The summed E-state index contributed by atoms with van der Waals surface area (Å²) in [6.07, 6.45) is -1.14. The number of carbonyl (C=O) groups is 1. The Morgan fingerprint density at radius 2 is 0.508 bits per heavy atom. The molecule has 0 bridgehead atoms. The van der Waals surface area contributed by atoms with Crippen LogP contribution in [0.5, 0.6) is 0 Å². The third-order valence-corrected chi connectivity index (χ3v) is 18.9. The van der Waals surface area contributed by atoms with Gasteiger partial charge in [0, 0.05) is 12.1 Å². The number of hydrogen-bond donors (Lipinski definition) is 1. The van der Waals surface area contributed by atoms with Crippen molar-refractivity contribution in [2.75, 3.05) is 18.2 Å². The van der Waals surface area contributed by atoms with E-state index < -0.39 is 35.9 Å². The molecule has 8 rings (SSSR count). The molecule has 0 saturated heterocycles. The zero-order valence-corrected chi connectivity index (χ0v) is 38.4. The van der Waals surface area contributed by atoms with Gasteiger partial charge in [-0.1, -0.05) is 272 Å². The molecule has 3 N–H and O–H groups in total. The van der Waals surface area contributed by atoms with Gasteiger partial charge in [-0.05, 0) is 38.8 Å². The molecule has 0 fully saturated rings. The predicted octanol–water partition coefficient (Wildman–Crippen LogP) is 8.96. The van der Waals surface area contributed by atoms with Crippen LogP contribution in [-0.2, 0) is 21.9 Å². The van der Waals surface area contributed by atoms with Crippen LogP contribution < -0.4 is 48.5 Å². The summed E-state index contributed by atoms with van der Waals surface area (Å²) in [5, 5.41) is 17.6. The number of rotatable bonds is 13. The third kappa shape index (κ3) is 14.9. The first-order valence-corrected chi connectivity index (χ1v) is 24.7. The van der Waals surface area contributed by atoms with Crippen molar-refractivity contribution >= 4 is 73.2 Å². The first-order valence-electron chi connectivity index (χ1n) is 20.1. The standard InChI is InChI=1S/C45H41BP3.C6H6.C2H4O2.Fe.H3N/c1-8-22-39(23-9-1)46(36-47(40-24-10-2-11-25-40)41-26-12-3-13-27-41,37-48(42-28-14-4-15-29-42)43-30-16-5-17-31-43)38-49(44-32-18-6-19-33-44)45-34-20-7-21-35-45;1-2-4-6-5-3-1;1-2(3)4;;/h1-35H,36-38H2;1-6H;1H3,(H,3,4);;1H3/q-1;;;+2;/p-1. The number of hydrogen-bond acceptors (Lipinski definition) is 3. The molecule has 0 aliphatic heterocycles. The minimum absolute atomic E-state index is 0. The average Bonchev–Trinajstić information content (AvgIpc) is 3.31. The Kier molecular flexibility index (Phi) is 21.1. The molecular formula is C53H53BFeNO2P3. The molecule has 8 heteroatoms. The van der Waals surface area contributed by atoms with Crippen molar-refractivity contribution in [3.8, 4) is 0 Å². The molecule has 0 radical (unpaired) electrons. The van der Waals surface area contributed by atoms with Crippen LogP contribution in [0.15, 0.2) is 249 Å². The molecule has 8 aromatic carbocycles. The van der Waals surface area contributed by atoms with E-state index in [0.29, 0.717) is 0 Å². The fourth-order valence-electron chi connectivity index (χ4n) is 7.51. The zero-order chi connectivity index (χ0) is 41.0. The predicted molar refractivity (Wildman–Crippen MR) is 266 cm³/mol. The Morgan fingerprint density at radius 1 is 0.361 bits per heavy atom. The summed E-state index contributed by atoms with van der Waals surface area (Å²) in [4.78, 5) is 8.89. The van der Waals surface area contributed by atoms with Gasteiger partial charge in [0.05, 0.1) is 0 Å². The molecule has 8 aromatic rings. The number of carbonyl (C=O) groups excluding carboxylic acids is 1. The molecule has 0 aliphatic carbocycles. The second-order valence-corrected chi connectivity index (χ2v) is 21.1. The monoisotopic (exact) mass is 895 g/mol. The van der Waals surface area contributed by atoms with E-state index in [1.165, 1.54) is 37.3 Å². The molecule has 0 unspecified atom stereocenters. The van der Waals surface area contributed by atoms with Crippen LogP contribution in [0.25, 0.3) is 0 Å². The van der Waals surface area contributed by atoms with Gasteiger partial charge in [0.15, 0.2) is 0 Å². The van der Waals surface area contributed by atoms with E-state index in [2.05, 4.69) is 212 Å². The van der Waals surface area contributed by atoms with Crippen LogP contribution in [0.4, 0.5) is 0 Å². The minimum atomic E-state index is -1.14. The topological polar surface area (TPSA) is 75.1 Å². The summed E-state index contributed by atoms with van der Waals surface area (Å²) in [5.74, 6) is -1.08. The number of carboxylic acid groups (broad SMARTS) is 1. The molecule has 61 heavy (non-hydrogen) atoms. The van der Waals surface area contributed by atoms with Gasteiger partial charge in [0.1, 0.15) is 0 Å². The summed E-state index contributed by atoms with van der Waals surface area (Å²) in [5.41, 5.74) is 1.51. The van der Waals surface area contributed by atoms with Crippen LogP contribution >= 0.6 is 23.8 Å². The summed E-state index contributed by atoms with van der Waals surface area (Å²) < 4.78 is 0. The van der Waals surface area contributed by atoms with Gasteiger partial charge in [0.2, 0.25) is 0 Å².